The van der Waals surface area contributed by atoms with Crippen LogP contribution in [0.2, 0.25) is 0 Å². The lowest BCUT2D eigenvalue weighted by molar-refractivity contribution is -0.198. The van der Waals surface area contributed by atoms with E-state index in [1.165, 1.54) is 6.33 Å². The highest BCUT2D eigenvalue weighted by Crippen LogP contribution is 2.73. The Balaban J connectivity index is 1.48. The van der Waals surface area contributed by atoms with Crippen LogP contribution in [0, 0.1) is 5.41 Å². The molecule has 0 unspecified atom stereocenters. The summed E-state index contributed by atoms with van der Waals surface area (Å²) in [6, 6.07) is 15.8. The Hall–Kier alpha value is -4.34. The van der Waals surface area contributed by atoms with Crippen LogP contribution in [0.4, 0.5) is 5.82 Å². The molecule has 1 N–H and O–H groups in total. The van der Waals surface area contributed by atoms with Crippen LogP contribution in [0.3, 0.4) is 0 Å². The van der Waals surface area contributed by atoms with Crippen molar-refractivity contribution in [3.63, 3.8) is 0 Å². The van der Waals surface area contributed by atoms with Crippen LogP contribution in [0.5, 0.6) is 11.5 Å². The van der Waals surface area contributed by atoms with E-state index in [1.807, 2.05) is 66.9 Å². The van der Waals surface area contributed by atoms with Gasteiger partial charge >= 0.3 is 11.7 Å². The average molecular weight is 558 g/mol. The fourth-order valence-corrected chi connectivity index (χ4v) is 6.96. The Labute approximate surface area is 238 Å². The van der Waals surface area contributed by atoms with Gasteiger partial charge in [-0.1, -0.05) is 24.3 Å². The number of ether oxygens (including phenoxy) is 2. The second kappa shape index (κ2) is 9.94. The largest absolute Gasteiger partial charge is 0.497 e. The number of carboxylic acids is 1. The van der Waals surface area contributed by atoms with Crippen molar-refractivity contribution in [3.05, 3.63) is 76.5 Å². The van der Waals surface area contributed by atoms with Crippen LogP contribution < -0.4 is 20.1 Å². The summed E-state index contributed by atoms with van der Waals surface area (Å²) in [5.74, 6) is 1.45. The molecule has 0 spiro atoms. The zero-order chi connectivity index (χ0) is 28.9. The lowest BCUT2D eigenvalue weighted by Crippen LogP contribution is -2.69. The van der Waals surface area contributed by atoms with Crippen molar-refractivity contribution in [1.82, 2.24) is 19.1 Å². The van der Waals surface area contributed by atoms with E-state index in [0.29, 0.717) is 49.3 Å². The summed E-state index contributed by atoms with van der Waals surface area (Å²) < 4.78 is 14.3. The molecule has 0 aliphatic heterocycles. The van der Waals surface area contributed by atoms with E-state index in [4.69, 9.17) is 14.5 Å². The van der Waals surface area contributed by atoms with Crippen molar-refractivity contribution < 1.29 is 19.4 Å². The Morgan fingerprint density at radius 2 is 1.49 bits per heavy atom. The molecule has 3 aliphatic carbocycles. The Morgan fingerprint density at radius 3 is 1.95 bits per heavy atom. The number of benzene rings is 2. The zero-order valence-corrected chi connectivity index (χ0v) is 23.8. The van der Waals surface area contributed by atoms with Gasteiger partial charge in [0.1, 0.15) is 23.3 Å². The summed E-state index contributed by atoms with van der Waals surface area (Å²) in [6.07, 6.45) is 3.69. The molecule has 3 saturated carbocycles. The molecule has 214 valence electrons. The minimum atomic E-state index is -0.788. The van der Waals surface area contributed by atoms with E-state index in [9.17, 15) is 14.7 Å². The van der Waals surface area contributed by atoms with Gasteiger partial charge in [0.25, 0.3) is 0 Å². The number of imidazole rings is 1. The van der Waals surface area contributed by atoms with Gasteiger partial charge in [-0.25, -0.2) is 14.8 Å². The summed E-state index contributed by atoms with van der Waals surface area (Å²) in [6.45, 7) is 5.04. The van der Waals surface area contributed by atoms with Gasteiger partial charge in [0.15, 0.2) is 11.5 Å². The lowest BCUT2D eigenvalue weighted by Gasteiger charge is -2.70. The van der Waals surface area contributed by atoms with E-state index >= 15 is 0 Å². The molecule has 0 saturated heterocycles. The fourth-order valence-electron chi connectivity index (χ4n) is 6.96. The molecule has 4 aromatic rings. The molecule has 41 heavy (non-hydrogen) atoms. The van der Waals surface area contributed by atoms with Gasteiger partial charge in [-0.15, -0.1) is 0 Å². The molecule has 3 aliphatic rings. The summed E-state index contributed by atoms with van der Waals surface area (Å²) >= 11 is 0. The second-order valence-corrected chi connectivity index (χ2v) is 11.8. The third-order valence-corrected chi connectivity index (χ3v) is 8.63. The molecule has 0 atom stereocenters. The van der Waals surface area contributed by atoms with E-state index < -0.39 is 11.5 Å². The number of carbonyl (C=O) groups is 1. The van der Waals surface area contributed by atoms with Crippen LogP contribution in [0.15, 0.2) is 59.7 Å². The molecule has 2 aromatic carbocycles. The topological polar surface area (TPSA) is 112 Å². The number of anilines is 1. The number of fused-ring (bicyclic) bond motifs is 1. The SMILES string of the molecule is COc1ccc(CN(Cc2ccc(OC)cc2)c2ncnc3c2n(C24CC(CC(=O)O)(C2)C4)c(=O)n3C(C)C)cc1. The van der Waals surface area contributed by atoms with E-state index in [-0.39, 0.29) is 23.6 Å². The zero-order valence-electron chi connectivity index (χ0n) is 23.8. The minimum absolute atomic E-state index is 0.106. The van der Waals surface area contributed by atoms with Crippen LogP contribution in [0.1, 0.15) is 56.7 Å². The van der Waals surface area contributed by atoms with Crippen LogP contribution in [-0.2, 0) is 23.4 Å². The quantitative estimate of drug-likeness (QED) is 0.281. The van der Waals surface area contributed by atoms with Gasteiger partial charge in [-0.3, -0.25) is 13.9 Å². The van der Waals surface area contributed by atoms with Crippen molar-refractivity contribution in [3.8, 4) is 11.5 Å². The van der Waals surface area contributed by atoms with Crippen molar-refractivity contribution in [1.29, 1.82) is 0 Å². The highest BCUT2D eigenvalue weighted by Gasteiger charge is 2.70. The van der Waals surface area contributed by atoms with E-state index in [1.54, 1.807) is 18.8 Å². The maximum absolute atomic E-state index is 14.0. The molecule has 10 heteroatoms. The molecule has 0 amide bonds. The molecule has 2 aromatic heterocycles. The summed E-state index contributed by atoms with van der Waals surface area (Å²) in [7, 11) is 3.29. The lowest BCUT2D eigenvalue weighted by atomic mass is 9.38. The summed E-state index contributed by atoms with van der Waals surface area (Å²) in [5, 5.41) is 9.44. The molecule has 3 fully saturated rings. The molecule has 2 bridgehead atoms. The molecular formula is C31H35N5O5. The second-order valence-electron chi connectivity index (χ2n) is 11.8. The maximum Gasteiger partial charge on any atom is 0.331 e. The number of carboxylic acid groups (broad SMARTS) is 1. The molecular weight excluding hydrogens is 522 g/mol. The number of nitrogens with zero attached hydrogens (tertiary/aromatic N) is 5. The Bertz CT molecular complexity index is 1590. The monoisotopic (exact) mass is 557 g/mol. The van der Waals surface area contributed by atoms with Gasteiger partial charge in [-0.05, 0) is 73.9 Å². The number of methoxy groups -OCH3 is 2. The van der Waals surface area contributed by atoms with Crippen molar-refractivity contribution in [2.24, 2.45) is 5.41 Å². The highest BCUT2D eigenvalue weighted by molar-refractivity contribution is 5.85. The minimum Gasteiger partial charge on any atom is -0.497 e. The Kier molecular flexibility index (Phi) is 6.51. The van der Waals surface area contributed by atoms with Gasteiger partial charge in [0.05, 0.1) is 26.2 Å². The fraction of sp³-hybridized carbons (Fsp3) is 0.419. The Morgan fingerprint density at radius 1 is 0.951 bits per heavy atom. The predicted octanol–water partition coefficient (Wildman–Crippen LogP) is 4.75. The first kappa shape index (κ1) is 26.9. The normalized spacial score (nSPS) is 20.9. The van der Waals surface area contributed by atoms with Gasteiger partial charge in [-0.2, -0.15) is 0 Å². The number of hydrogen-bond acceptors (Lipinski definition) is 7. The van der Waals surface area contributed by atoms with Crippen molar-refractivity contribution in [2.75, 3.05) is 19.1 Å². The summed E-state index contributed by atoms with van der Waals surface area (Å²) in [5.41, 5.74) is 2.69. The predicted molar refractivity (Wildman–Crippen MR) is 155 cm³/mol. The standard InChI is InChI=1S/C31H35N5O5/c1-20(2)35-28-26(36(29(35)39)31-16-30(17-31,18-31)13-25(37)38)27(32-19-33-28)34(14-21-5-9-23(40-3)10-6-21)15-22-7-11-24(41-4)12-8-22/h5-12,19-20H,13-18H2,1-4H3,(H,37,38). The van der Waals surface area contributed by atoms with Crippen LogP contribution in [-0.4, -0.2) is 44.4 Å². The van der Waals surface area contributed by atoms with Crippen molar-refractivity contribution in [2.45, 2.75) is 64.2 Å². The first-order valence-electron chi connectivity index (χ1n) is 13.9. The molecule has 10 nitrogen and oxygen atoms in total. The van der Waals surface area contributed by atoms with Crippen molar-refractivity contribution >= 4 is 23.0 Å². The van der Waals surface area contributed by atoms with E-state index in [2.05, 4.69) is 9.88 Å². The molecule has 7 rings (SSSR count). The average Bonchev–Trinajstić information content (AvgIpc) is 3.22. The van der Waals surface area contributed by atoms with Gasteiger partial charge in [0, 0.05) is 19.1 Å². The number of aromatic nitrogens is 4. The highest BCUT2D eigenvalue weighted by atomic mass is 16.5. The third kappa shape index (κ3) is 4.51. The van der Waals surface area contributed by atoms with Gasteiger partial charge in [0.2, 0.25) is 0 Å². The number of rotatable bonds is 11. The molecule has 2 heterocycles. The number of hydrogen-bond donors (Lipinski definition) is 1. The maximum atomic E-state index is 14.0. The third-order valence-electron chi connectivity index (χ3n) is 8.63. The summed E-state index contributed by atoms with van der Waals surface area (Å²) in [4.78, 5) is 37.1. The first-order chi connectivity index (χ1) is 19.7. The molecule has 0 radical (unpaired) electrons. The van der Waals surface area contributed by atoms with Crippen LogP contribution in [0.25, 0.3) is 11.2 Å². The van der Waals surface area contributed by atoms with Gasteiger partial charge < -0.3 is 19.5 Å². The van der Waals surface area contributed by atoms with E-state index in [0.717, 1.165) is 22.6 Å². The van der Waals surface area contributed by atoms with Crippen LogP contribution >= 0.6 is 0 Å². The number of aliphatic carboxylic acids is 1. The first-order valence-corrected chi connectivity index (χ1v) is 13.9. The smallest absolute Gasteiger partial charge is 0.331 e.